The van der Waals surface area contributed by atoms with Gasteiger partial charge in [0.1, 0.15) is 11.6 Å². The molecule has 0 radical (unpaired) electrons. The number of benzene rings is 1. The van der Waals surface area contributed by atoms with Crippen LogP contribution in [0.2, 0.25) is 0 Å². The number of anilines is 1. The highest BCUT2D eigenvalue weighted by atomic mass is 19.3. The number of aromatic nitrogens is 5. The van der Waals surface area contributed by atoms with Crippen molar-refractivity contribution in [3.05, 3.63) is 35.7 Å². The zero-order chi connectivity index (χ0) is 20.4. The summed E-state index contributed by atoms with van der Waals surface area (Å²) in [5, 5.41) is 8.49. The van der Waals surface area contributed by atoms with Gasteiger partial charge in [-0.15, -0.1) is 5.10 Å². The van der Waals surface area contributed by atoms with Crippen molar-refractivity contribution >= 4 is 17.0 Å². The minimum atomic E-state index is -2.71. The number of nitrogens with zero attached hydrogens (tertiary/aromatic N) is 6. The Morgan fingerprint density at radius 1 is 1.21 bits per heavy atom. The molecule has 0 amide bonds. The fraction of sp³-hybridized carbons (Fsp3) is 0.500. The monoisotopic (exact) mass is 402 g/mol. The highest BCUT2D eigenvalue weighted by molar-refractivity contribution is 5.83. The average Bonchev–Trinajstić information content (AvgIpc) is 3.29. The molecule has 1 aliphatic rings. The molecule has 2 aromatic heterocycles. The van der Waals surface area contributed by atoms with E-state index in [0.717, 1.165) is 24.2 Å². The molecule has 4 rings (SSSR count). The van der Waals surface area contributed by atoms with Crippen molar-refractivity contribution < 1.29 is 13.5 Å². The molecule has 3 aromatic rings. The van der Waals surface area contributed by atoms with Crippen LogP contribution in [0.5, 0.6) is 5.75 Å². The first-order valence-corrected chi connectivity index (χ1v) is 9.85. The molecule has 154 valence electrons. The number of hydrogen-bond acceptors (Lipinski definition) is 6. The van der Waals surface area contributed by atoms with Gasteiger partial charge in [-0.2, -0.15) is 0 Å². The van der Waals surface area contributed by atoms with E-state index in [4.69, 9.17) is 4.74 Å². The van der Waals surface area contributed by atoms with E-state index >= 15 is 0 Å². The van der Waals surface area contributed by atoms with Gasteiger partial charge in [-0.05, 0) is 12.5 Å². The molecule has 0 aliphatic carbocycles. The number of aryl methyl sites for hydroxylation is 1. The van der Waals surface area contributed by atoms with Gasteiger partial charge in [-0.1, -0.05) is 36.8 Å². The van der Waals surface area contributed by atoms with Gasteiger partial charge in [-0.3, -0.25) is 0 Å². The molecule has 1 aliphatic heterocycles. The van der Waals surface area contributed by atoms with Crippen LogP contribution in [-0.2, 0) is 13.0 Å². The second-order valence-corrected chi connectivity index (χ2v) is 7.33. The second-order valence-electron chi connectivity index (χ2n) is 7.33. The van der Waals surface area contributed by atoms with Crippen LogP contribution in [0, 0.1) is 0 Å². The van der Waals surface area contributed by atoms with Gasteiger partial charge in [0.25, 0.3) is 5.92 Å². The number of ether oxygens (including phenoxy) is 1. The Morgan fingerprint density at radius 2 is 2.03 bits per heavy atom. The van der Waals surface area contributed by atoms with Crippen LogP contribution in [0.1, 0.15) is 37.6 Å². The summed E-state index contributed by atoms with van der Waals surface area (Å²) in [5.74, 6) is -0.887. The molecule has 0 atom stereocenters. The molecule has 0 saturated carbocycles. The molecular formula is C20H24F2N6O. The summed E-state index contributed by atoms with van der Waals surface area (Å²) in [6.07, 6.45) is 2.42. The van der Waals surface area contributed by atoms with Crippen LogP contribution in [0.4, 0.5) is 14.6 Å². The van der Waals surface area contributed by atoms with Crippen LogP contribution in [-0.4, -0.2) is 51.1 Å². The largest absolute Gasteiger partial charge is 0.496 e. The van der Waals surface area contributed by atoms with Crippen LogP contribution in [0.25, 0.3) is 11.2 Å². The predicted molar refractivity (Wildman–Crippen MR) is 106 cm³/mol. The quantitative estimate of drug-likeness (QED) is 0.603. The third-order valence-electron chi connectivity index (χ3n) is 5.13. The molecule has 0 spiro atoms. The molecule has 0 bridgehead atoms. The lowest BCUT2D eigenvalue weighted by Crippen LogP contribution is -2.26. The smallest absolute Gasteiger partial charge is 0.266 e. The molecule has 0 unspecified atom stereocenters. The summed E-state index contributed by atoms with van der Waals surface area (Å²) in [4.78, 5) is 10.8. The predicted octanol–water partition coefficient (Wildman–Crippen LogP) is 3.47. The van der Waals surface area contributed by atoms with Gasteiger partial charge in [0.2, 0.25) is 0 Å². The van der Waals surface area contributed by atoms with Crippen molar-refractivity contribution in [2.45, 2.75) is 45.1 Å². The van der Waals surface area contributed by atoms with E-state index in [1.807, 2.05) is 24.3 Å². The van der Waals surface area contributed by atoms with Crippen LogP contribution in [0.15, 0.2) is 24.3 Å². The van der Waals surface area contributed by atoms with Crippen molar-refractivity contribution in [3.63, 3.8) is 0 Å². The highest BCUT2D eigenvalue weighted by Gasteiger charge is 2.40. The van der Waals surface area contributed by atoms with E-state index in [-0.39, 0.29) is 19.5 Å². The lowest BCUT2D eigenvalue weighted by Gasteiger charge is -2.18. The summed E-state index contributed by atoms with van der Waals surface area (Å²) < 4.78 is 34.7. The number of methoxy groups -OCH3 is 1. The number of halogens is 2. The molecule has 29 heavy (non-hydrogen) atoms. The maximum absolute atomic E-state index is 13.8. The fourth-order valence-electron chi connectivity index (χ4n) is 3.57. The summed E-state index contributed by atoms with van der Waals surface area (Å²) in [7, 11) is 1.62. The summed E-state index contributed by atoms with van der Waals surface area (Å²) in [5.41, 5.74) is 1.95. The standard InChI is InChI=1S/C20H24F2N6O/c1-3-4-9-16-23-18(27-11-10-20(21,22)13-27)17-19(24-16)28(26-25-17)12-14-7-5-6-8-15(14)29-2/h5-8H,3-4,9-13H2,1-2H3. The van der Waals surface area contributed by atoms with Crippen LogP contribution < -0.4 is 9.64 Å². The van der Waals surface area contributed by atoms with Crippen molar-refractivity contribution in [2.75, 3.05) is 25.1 Å². The van der Waals surface area contributed by atoms with Crippen molar-refractivity contribution in [2.24, 2.45) is 0 Å². The normalized spacial score (nSPS) is 15.9. The number of hydrogen-bond donors (Lipinski definition) is 0. The Bertz CT molecular complexity index is 1010. The van der Waals surface area contributed by atoms with E-state index in [1.165, 1.54) is 0 Å². The van der Waals surface area contributed by atoms with E-state index < -0.39 is 5.92 Å². The third-order valence-corrected chi connectivity index (χ3v) is 5.13. The van der Waals surface area contributed by atoms with E-state index in [0.29, 0.717) is 35.8 Å². The van der Waals surface area contributed by atoms with Gasteiger partial charge in [0.05, 0.1) is 20.2 Å². The SMILES string of the molecule is CCCCc1nc(N2CCC(F)(F)C2)c2nnn(Cc3ccccc3OC)c2n1. The highest BCUT2D eigenvalue weighted by Crippen LogP contribution is 2.33. The van der Waals surface area contributed by atoms with E-state index in [9.17, 15) is 8.78 Å². The average molecular weight is 402 g/mol. The zero-order valence-electron chi connectivity index (χ0n) is 16.6. The number of rotatable bonds is 7. The fourth-order valence-corrected chi connectivity index (χ4v) is 3.57. The Labute approximate surface area is 167 Å². The Hall–Kier alpha value is -2.84. The zero-order valence-corrected chi connectivity index (χ0v) is 16.6. The molecule has 1 aromatic carbocycles. The maximum Gasteiger partial charge on any atom is 0.266 e. The minimum absolute atomic E-state index is 0.182. The van der Waals surface area contributed by atoms with Crippen LogP contribution in [0.3, 0.4) is 0 Å². The number of unbranched alkanes of at least 4 members (excludes halogenated alkanes) is 1. The topological polar surface area (TPSA) is 69.0 Å². The lowest BCUT2D eigenvalue weighted by atomic mass is 10.2. The lowest BCUT2D eigenvalue weighted by molar-refractivity contribution is 0.0257. The van der Waals surface area contributed by atoms with Gasteiger partial charge >= 0.3 is 0 Å². The second kappa shape index (κ2) is 7.88. The van der Waals surface area contributed by atoms with E-state index in [2.05, 4.69) is 27.2 Å². The molecular weight excluding hydrogens is 378 g/mol. The first-order chi connectivity index (χ1) is 14.0. The van der Waals surface area contributed by atoms with Crippen molar-refractivity contribution in [3.8, 4) is 5.75 Å². The number of fused-ring (bicyclic) bond motifs is 1. The molecule has 1 fully saturated rings. The minimum Gasteiger partial charge on any atom is -0.496 e. The van der Waals surface area contributed by atoms with Crippen molar-refractivity contribution in [1.82, 2.24) is 25.0 Å². The molecule has 7 nitrogen and oxygen atoms in total. The van der Waals surface area contributed by atoms with Crippen LogP contribution >= 0.6 is 0 Å². The molecule has 9 heteroatoms. The maximum atomic E-state index is 13.8. The van der Waals surface area contributed by atoms with Gasteiger partial charge in [0.15, 0.2) is 17.0 Å². The van der Waals surface area contributed by atoms with Crippen molar-refractivity contribution in [1.29, 1.82) is 0 Å². The first-order valence-electron chi connectivity index (χ1n) is 9.85. The number of alkyl halides is 2. The Morgan fingerprint density at radius 3 is 2.76 bits per heavy atom. The summed E-state index contributed by atoms with van der Waals surface area (Å²) >= 11 is 0. The number of para-hydroxylation sites is 1. The first kappa shape index (κ1) is 19.5. The summed E-state index contributed by atoms with van der Waals surface area (Å²) in [6.45, 7) is 2.39. The van der Waals surface area contributed by atoms with Gasteiger partial charge in [-0.25, -0.2) is 23.4 Å². The Balaban J connectivity index is 1.76. The molecule has 0 N–H and O–H groups in total. The molecule has 3 heterocycles. The summed E-state index contributed by atoms with van der Waals surface area (Å²) in [6, 6.07) is 7.66. The molecule has 1 saturated heterocycles. The third kappa shape index (κ3) is 3.99. The Kier molecular flexibility index (Phi) is 5.29. The van der Waals surface area contributed by atoms with Gasteiger partial charge in [0, 0.05) is 24.9 Å². The van der Waals surface area contributed by atoms with Gasteiger partial charge < -0.3 is 9.64 Å². The van der Waals surface area contributed by atoms with E-state index in [1.54, 1.807) is 16.7 Å².